The largest absolute Gasteiger partial charge is 0.406 e. The standard InChI is InChI=1S/C20H20ClN3O2/c21-16-7-4-8-17(14-16)26-24-11-9-20(10-12-24)19(25)22-18(23-20)13-15-5-2-1-3-6-15/h1-8,14H,9-13H2,(H,22,23,25). The van der Waals surface area contributed by atoms with Crippen molar-refractivity contribution in [1.29, 1.82) is 0 Å². The lowest BCUT2D eigenvalue weighted by Gasteiger charge is -2.34. The average molecular weight is 370 g/mol. The van der Waals surface area contributed by atoms with E-state index in [9.17, 15) is 4.79 Å². The van der Waals surface area contributed by atoms with Gasteiger partial charge in [0.1, 0.15) is 17.1 Å². The number of carbonyl (C=O) groups excluding carboxylic acids is 1. The van der Waals surface area contributed by atoms with E-state index >= 15 is 0 Å². The molecule has 4 rings (SSSR count). The third-order valence-electron chi connectivity index (χ3n) is 4.82. The number of halogens is 1. The summed E-state index contributed by atoms with van der Waals surface area (Å²) < 4.78 is 0. The summed E-state index contributed by atoms with van der Waals surface area (Å²) in [5, 5.41) is 5.48. The minimum Gasteiger partial charge on any atom is -0.406 e. The second-order valence-corrected chi connectivity index (χ2v) is 7.12. The molecule has 0 aromatic heterocycles. The zero-order valence-electron chi connectivity index (χ0n) is 14.3. The molecule has 0 saturated carbocycles. The number of nitrogens with one attached hydrogen (secondary N) is 1. The van der Waals surface area contributed by atoms with Crippen molar-refractivity contribution in [3.63, 3.8) is 0 Å². The minimum absolute atomic E-state index is 0.00540. The van der Waals surface area contributed by atoms with E-state index in [1.165, 1.54) is 0 Å². The summed E-state index contributed by atoms with van der Waals surface area (Å²) in [7, 11) is 0. The van der Waals surface area contributed by atoms with Gasteiger partial charge in [-0.25, -0.2) is 0 Å². The van der Waals surface area contributed by atoms with Crippen LogP contribution in [0.3, 0.4) is 0 Å². The van der Waals surface area contributed by atoms with E-state index in [4.69, 9.17) is 21.4 Å². The van der Waals surface area contributed by atoms with Crippen molar-refractivity contribution in [3.05, 3.63) is 65.2 Å². The minimum atomic E-state index is -0.654. The van der Waals surface area contributed by atoms with Gasteiger partial charge >= 0.3 is 0 Å². The van der Waals surface area contributed by atoms with E-state index in [2.05, 4.69) is 5.32 Å². The fraction of sp³-hybridized carbons (Fsp3) is 0.300. The molecule has 2 aromatic rings. The summed E-state index contributed by atoms with van der Waals surface area (Å²) >= 11 is 5.99. The van der Waals surface area contributed by atoms with E-state index < -0.39 is 5.54 Å². The Balaban J connectivity index is 1.40. The molecule has 6 heteroatoms. The number of piperidine rings is 1. The first-order valence-electron chi connectivity index (χ1n) is 8.76. The van der Waals surface area contributed by atoms with Gasteiger partial charge in [0.05, 0.1) is 0 Å². The molecule has 2 aromatic carbocycles. The van der Waals surface area contributed by atoms with Crippen LogP contribution >= 0.6 is 11.6 Å². The number of benzene rings is 2. The Bertz CT molecular complexity index is 830. The van der Waals surface area contributed by atoms with E-state index in [0.717, 1.165) is 11.4 Å². The van der Waals surface area contributed by atoms with Gasteiger partial charge < -0.3 is 10.2 Å². The van der Waals surface area contributed by atoms with Crippen molar-refractivity contribution in [3.8, 4) is 5.75 Å². The van der Waals surface area contributed by atoms with Crippen molar-refractivity contribution in [2.45, 2.75) is 24.8 Å². The van der Waals surface area contributed by atoms with E-state index in [-0.39, 0.29) is 5.91 Å². The molecule has 2 heterocycles. The van der Waals surface area contributed by atoms with Gasteiger partial charge in [0.2, 0.25) is 0 Å². The lowest BCUT2D eigenvalue weighted by atomic mass is 9.89. The molecule has 1 spiro atoms. The topological polar surface area (TPSA) is 53.9 Å². The van der Waals surface area contributed by atoms with Crippen molar-refractivity contribution in [1.82, 2.24) is 10.4 Å². The maximum atomic E-state index is 12.6. The molecule has 134 valence electrons. The highest BCUT2D eigenvalue weighted by molar-refractivity contribution is 6.30. The van der Waals surface area contributed by atoms with Gasteiger partial charge in [-0.3, -0.25) is 9.79 Å². The predicted molar refractivity (Wildman–Crippen MR) is 101 cm³/mol. The molecule has 26 heavy (non-hydrogen) atoms. The van der Waals surface area contributed by atoms with Gasteiger partial charge in [-0.15, -0.1) is 5.06 Å². The highest BCUT2D eigenvalue weighted by Gasteiger charge is 2.46. The summed E-state index contributed by atoms with van der Waals surface area (Å²) in [6.07, 6.45) is 1.92. The Hall–Kier alpha value is -2.37. The summed E-state index contributed by atoms with van der Waals surface area (Å²) in [6, 6.07) is 17.4. The summed E-state index contributed by atoms with van der Waals surface area (Å²) in [4.78, 5) is 23.2. The van der Waals surface area contributed by atoms with Crippen LogP contribution in [0.1, 0.15) is 18.4 Å². The third kappa shape index (κ3) is 3.59. The molecule has 1 amide bonds. The Morgan fingerprint density at radius 3 is 2.62 bits per heavy atom. The molecule has 1 saturated heterocycles. The predicted octanol–water partition coefficient (Wildman–Crippen LogP) is 3.24. The van der Waals surface area contributed by atoms with E-state index in [1.807, 2.05) is 53.6 Å². The molecule has 2 aliphatic rings. The Morgan fingerprint density at radius 1 is 1.12 bits per heavy atom. The zero-order valence-corrected chi connectivity index (χ0v) is 15.1. The van der Waals surface area contributed by atoms with Crippen LogP contribution in [0.25, 0.3) is 0 Å². The number of carbonyl (C=O) groups is 1. The number of hydroxylamine groups is 2. The molecular weight excluding hydrogens is 350 g/mol. The van der Waals surface area contributed by atoms with Gasteiger partial charge in [-0.2, -0.15) is 0 Å². The van der Waals surface area contributed by atoms with Crippen LogP contribution in [-0.4, -0.2) is 35.4 Å². The van der Waals surface area contributed by atoms with Gasteiger partial charge in [0.15, 0.2) is 0 Å². The molecule has 1 fully saturated rings. The SMILES string of the molecule is O=C1NC(Cc2ccccc2)=NC12CCN(Oc1cccc(Cl)c1)CC2. The monoisotopic (exact) mass is 369 g/mol. The number of amides is 1. The van der Waals surface area contributed by atoms with Crippen molar-refractivity contribution in [2.75, 3.05) is 13.1 Å². The fourth-order valence-corrected chi connectivity index (χ4v) is 3.60. The lowest BCUT2D eigenvalue weighted by molar-refractivity contribution is -0.130. The Kier molecular flexibility index (Phi) is 4.66. The smallest absolute Gasteiger partial charge is 0.253 e. The molecule has 0 bridgehead atoms. The van der Waals surface area contributed by atoms with Crippen molar-refractivity contribution >= 4 is 23.3 Å². The first kappa shape index (κ1) is 17.1. The Morgan fingerprint density at radius 2 is 1.88 bits per heavy atom. The van der Waals surface area contributed by atoms with Gasteiger partial charge in [0, 0.05) is 30.6 Å². The molecule has 0 aliphatic carbocycles. The lowest BCUT2D eigenvalue weighted by Crippen LogP contribution is -2.49. The Labute approximate surface area is 157 Å². The summed E-state index contributed by atoms with van der Waals surface area (Å²) in [6.45, 7) is 1.28. The quantitative estimate of drug-likeness (QED) is 0.900. The van der Waals surface area contributed by atoms with Crippen LogP contribution in [0.15, 0.2) is 59.6 Å². The maximum Gasteiger partial charge on any atom is 0.253 e. The summed E-state index contributed by atoms with van der Waals surface area (Å²) in [5.74, 6) is 1.47. The number of hydrogen-bond donors (Lipinski definition) is 1. The molecule has 2 aliphatic heterocycles. The normalized spacial score (nSPS) is 19.3. The number of nitrogens with zero attached hydrogens (tertiary/aromatic N) is 2. The third-order valence-corrected chi connectivity index (χ3v) is 5.06. The molecule has 0 atom stereocenters. The fourth-order valence-electron chi connectivity index (χ4n) is 3.42. The molecule has 5 nitrogen and oxygen atoms in total. The first-order valence-corrected chi connectivity index (χ1v) is 9.13. The average Bonchev–Trinajstić information content (AvgIpc) is 2.93. The van der Waals surface area contributed by atoms with Crippen LogP contribution in [0.4, 0.5) is 0 Å². The maximum absolute atomic E-state index is 12.6. The van der Waals surface area contributed by atoms with Crippen LogP contribution in [0, 0.1) is 0 Å². The number of aliphatic imine (C=N–C) groups is 1. The van der Waals surface area contributed by atoms with Crippen molar-refractivity contribution < 1.29 is 9.63 Å². The van der Waals surface area contributed by atoms with Gasteiger partial charge in [0.25, 0.3) is 5.91 Å². The molecule has 1 N–H and O–H groups in total. The first-order chi connectivity index (χ1) is 12.6. The second-order valence-electron chi connectivity index (χ2n) is 6.68. The van der Waals surface area contributed by atoms with Gasteiger partial charge in [-0.05, 0) is 30.5 Å². The molecular formula is C20H20ClN3O2. The highest BCUT2D eigenvalue weighted by Crippen LogP contribution is 2.31. The van der Waals surface area contributed by atoms with E-state index in [0.29, 0.717) is 43.1 Å². The summed E-state index contributed by atoms with van der Waals surface area (Å²) in [5.41, 5.74) is 0.489. The number of hydrogen-bond acceptors (Lipinski definition) is 4. The van der Waals surface area contributed by atoms with Crippen LogP contribution in [0.2, 0.25) is 5.02 Å². The molecule has 0 unspecified atom stereocenters. The highest BCUT2D eigenvalue weighted by atomic mass is 35.5. The number of amidine groups is 1. The van der Waals surface area contributed by atoms with Crippen LogP contribution in [0.5, 0.6) is 5.75 Å². The number of rotatable bonds is 4. The van der Waals surface area contributed by atoms with E-state index in [1.54, 1.807) is 6.07 Å². The van der Waals surface area contributed by atoms with Gasteiger partial charge in [-0.1, -0.05) is 48.0 Å². The second kappa shape index (κ2) is 7.09. The van der Waals surface area contributed by atoms with Crippen LogP contribution < -0.4 is 10.2 Å². The zero-order chi connectivity index (χ0) is 18.0. The van der Waals surface area contributed by atoms with Crippen molar-refractivity contribution in [2.24, 2.45) is 4.99 Å². The molecule has 0 radical (unpaired) electrons. The van der Waals surface area contributed by atoms with Crippen LogP contribution in [-0.2, 0) is 11.2 Å².